The van der Waals surface area contributed by atoms with Crippen molar-refractivity contribution in [3.63, 3.8) is 0 Å². The highest BCUT2D eigenvalue weighted by Gasteiger charge is 2.04. The molecule has 2 aromatic carbocycles. The number of nitrogens with two attached hydrogens (primary N) is 1. The first-order valence-electron chi connectivity index (χ1n) is 6.33. The van der Waals surface area contributed by atoms with Gasteiger partial charge in [-0.05, 0) is 67.8 Å². The van der Waals surface area contributed by atoms with Crippen molar-refractivity contribution in [1.82, 2.24) is 0 Å². The van der Waals surface area contributed by atoms with Gasteiger partial charge in [-0.25, -0.2) is 0 Å². The van der Waals surface area contributed by atoms with Gasteiger partial charge in [0.15, 0.2) is 0 Å². The summed E-state index contributed by atoms with van der Waals surface area (Å²) >= 11 is 3.41. The van der Waals surface area contributed by atoms with Gasteiger partial charge in [0.25, 0.3) is 0 Å². The van der Waals surface area contributed by atoms with Gasteiger partial charge in [0.05, 0.1) is 0 Å². The van der Waals surface area contributed by atoms with Crippen LogP contribution in [-0.4, -0.2) is 6.04 Å². The summed E-state index contributed by atoms with van der Waals surface area (Å²) < 4.78 is 6.87. The number of ether oxygens (including phenoxy) is 1. The molecule has 0 amide bonds. The van der Waals surface area contributed by atoms with Crippen LogP contribution in [0.5, 0.6) is 11.5 Å². The van der Waals surface area contributed by atoms with Crippen LogP contribution in [0.2, 0.25) is 0 Å². The van der Waals surface area contributed by atoms with E-state index in [4.69, 9.17) is 10.5 Å². The largest absolute Gasteiger partial charge is 0.457 e. The number of benzene rings is 2. The number of halogens is 1. The Hall–Kier alpha value is -1.32. The van der Waals surface area contributed by atoms with Crippen LogP contribution in [0, 0.1) is 6.92 Å². The predicted molar refractivity (Wildman–Crippen MR) is 82.7 cm³/mol. The number of aryl methyl sites for hydroxylation is 1. The molecule has 0 saturated carbocycles. The summed E-state index contributed by atoms with van der Waals surface area (Å²) in [6.45, 7) is 4.11. The second-order valence-electron chi connectivity index (χ2n) is 4.83. The molecule has 0 heterocycles. The second-order valence-corrected chi connectivity index (χ2v) is 5.74. The van der Waals surface area contributed by atoms with Crippen molar-refractivity contribution in [2.24, 2.45) is 5.73 Å². The predicted octanol–water partition coefficient (Wildman–Crippen LogP) is 4.44. The van der Waals surface area contributed by atoms with Crippen LogP contribution in [0.25, 0.3) is 0 Å². The molecule has 0 spiro atoms. The minimum atomic E-state index is 0.178. The molecule has 0 aliphatic heterocycles. The first-order valence-corrected chi connectivity index (χ1v) is 7.12. The van der Waals surface area contributed by atoms with Gasteiger partial charge in [0.2, 0.25) is 0 Å². The molecule has 19 heavy (non-hydrogen) atoms. The fraction of sp³-hybridized carbons (Fsp3) is 0.250. The Morgan fingerprint density at radius 2 is 1.74 bits per heavy atom. The maximum absolute atomic E-state index is 5.83. The zero-order valence-corrected chi connectivity index (χ0v) is 12.8. The van der Waals surface area contributed by atoms with Crippen molar-refractivity contribution < 1.29 is 4.74 Å². The van der Waals surface area contributed by atoms with E-state index < -0.39 is 0 Å². The van der Waals surface area contributed by atoms with E-state index in [0.717, 1.165) is 22.4 Å². The summed E-state index contributed by atoms with van der Waals surface area (Å²) in [6, 6.07) is 14.1. The minimum Gasteiger partial charge on any atom is -0.457 e. The average molecular weight is 320 g/mol. The van der Waals surface area contributed by atoms with E-state index in [-0.39, 0.29) is 6.04 Å². The Bertz CT molecular complexity index is 549. The van der Waals surface area contributed by atoms with E-state index in [2.05, 4.69) is 35.0 Å². The van der Waals surface area contributed by atoms with Gasteiger partial charge in [0, 0.05) is 10.5 Å². The summed E-state index contributed by atoms with van der Waals surface area (Å²) in [5, 5.41) is 0. The quantitative estimate of drug-likeness (QED) is 0.904. The maximum atomic E-state index is 5.83. The highest BCUT2D eigenvalue weighted by molar-refractivity contribution is 9.10. The van der Waals surface area contributed by atoms with Crippen LogP contribution in [0.3, 0.4) is 0 Å². The summed E-state index contributed by atoms with van der Waals surface area (Å²) in [7, 11) is 0. The topological polar surface area (TPSA) is 35.2 Å². The lowest BCUT2D eigenvalue weighted by Crippen LogP contribution is -2.18. The molecule has 0 aliphatic carbocycles. The summed E-state index contributed by atoms with van der Waals surface area (Å²) in [4.78, 5) is 0. The Morgan fingerprint density at radius 3 is 2.32 bits per heavy atom. The highest BCUT2D eigenvalue weighted by atomic mass is 79.9. The highest BCUT2D eigenvalue weighted by Crippen LogP contribution is 2.25. The van der Waals surface area contributed by atoms with Gasteiger partial charge in [-0.2, -0.15) is 0 Å². The van der Waals surface area contributed by atoms with Crippen molar-refractivity contribution >= 4 is 15.9 Å². The van der Waals surface area contributed by atoms with Crippen LogP contribution < -0.4 is 10.5 Å². The Kier molecular flexibility index (Phi) is 4.61. The molecule has 1 unspecified atom stereocenters. The number of rotatable bonds is 4. The molecular formula is C16H18BrNO. The van der Waals surface area contributed by atoms with Crippen molar-refractivity contribution in [2.45, 2.75) is 26.3 Å². The van der Waals surface area contributed by atoms with Crippen LogP contribution >= 0.6 is 15.9 Å². The van der Waals surface area contributed by atoms with Gasteiger partial charge in [-0.1, -0.05) is 22.0 Å². The Balaban J connectivity index is 2.13. The molecule has 0 aromatic heterocycles. The maximum Gasteiger partial charge on any atom is 0.127 e. The van der Waals surface area contributed by atoms with Crippen molar-refractivity contribution in [3.8, 4) is 11.5 Å². The minimum absolute atomic E-state index is 0.178. The molecule has 1 atom stereocenters. The number of hydrogen-bond donors (Lipinski definition) is 1. The van der Waals surface area contributed by atoms with Gasteiger partial charge < -0.3 is 10.5 Å². The zero-order valence-electron chi connectivity index (χ0n) is 11.2. The lowest BCUT2D eigenvalue weighted by molar-refractivity contribution is 0.482. The van der Waals surface area contributed by atoms with Gasteiger partial charge in [-0.3, -0.25) is 0 Å². The van der Waals surface area contributed by atoms with Gasteiger partial charge in [-0.15, -0.1) is 0 Å². The first-order chi connectivity index (χ1) is 9.04. The summed E-state index contributed by atoms with van der Waals surface area (Å²) in [5.41, 5.74) is 8.32. The van der Waals surface area contributed by atoms with Crippen molar-refractivity contribution in [1.29, 1.82) is 0 Å². The van der Waals surface area contributed by atoms with Crippen LogP contribution in [0.1, 0.15) is 18.1 Å². The number of hydrogen-bond acceptors (Lipinski definition) is 2. The van der Waals surface area contributed by atoms with Gasteiger partial charge in [0.1, 0.15) is 11.5 Å². The molecule has 2 rings (SSSR count). The monoisotopic (exact) mass is 319 g/mol. The average Bonchev–Trinajstić information content (AvgIpc) is 2.35. The zero-order chi connectivity index (χ0) is 13.8. The normalized spacial score (nSPS) is 12.2. The lowest BCUT2D eigenvalue weighted by atomic mass is 10.0. The fourth-order valence-corrected chi connectivity index (χ4v) is 2.21. The molecule has 0 bridgehead atoms. The fourth-order valence-electron chi connectivity index (χ4n) is 1.95. The summed E-state index contributed by atoms with van der Waals surface area (Å²) in [6.07, 6.45) is 0.893. The van der Waals surface area contributed by atoms with E-state index in [0.29, 0.717) is 0 Å². The molecule has 2 N–H and O–H groups in total. The Morgan fingerprint density at radius 1 is 1.11 bits per heavy atom. The third kappa shape index (κ3) is 4.08. The molecule has 0 fully saturated rings. The van der Waals surface area contributed by atoms with Crippen LogP contribution in [0.15, 0.2) is 46.9 Å². The lowest BCUT2D eigenvalue weighted by Gasteiger charge is -2.11. The standard InChI is InChI=1S/C16H18BrNO/c1-11-9-16(6-3-13(11)10-12(2)18)19-15-7-4-14(17)5-8-15/h3-9,12H,10,18H2,1-2H3. The molecule has 0 aliphatic rings. The van der Waals surface area contributed by atoms with E-state index >= 15 is 0 Å². The molecule has 3 heteroatoms. The first kappa shape index (κ1) is 14.1. The molecule has 0 saturated heterocycles. The van der Waals surface area contributed by atoms with Crippen molar-refractivity contribution in [3.05, 3.63) is 58.1 Å². The van der Waals surface area contributed by atoms with E-state index in [1.807, 2.05) is 37.3 Å². The van der Waals surface area contributed by atoms with Gasteiger partial charge >= 0.3 is 0 Å². The molecule has 100 valence electrons. The molecule has 2 aromatic rings. The smallest absolute Gasteiger partial charge is 0.127 e. The van der Waals surface area contributed by atoms with Crippen LogP contribution in [0.4, 0.5) is 0 Å². The van der Waals surface area contributed by atoms with E-state index in [9.17, 15) is 0 Å². The molecular weight excluding hydrogens is 302 g/mol. The van der Waals surface area contributed by atoms with E-state index in [1.54, 1.807) is 0 Å². The van der Waals surface area contributed by atoms with E-state index in [1.165, 1.54) is 11.1 Å². The van der Waals surface area contributed by atoms with Crippen molar-refractivity contribution in [2.75, 3.05) is 0 Å². The third-order valence-corrected chi connectivity index (χ3v) is 3.43. The second kappa shape index (κ2) is 6.22. The van der Waals surface area contributed by atoms with Crippen LogP contribution in [-0.2, 0) is 6.42 Å². The third-order valence-electron chi connectivity index (χ3n) is 2.91. The molecule has 2 nitrogen and oxygen atoms in total. The SMILES string of the molecule is Cc1cc(Oc2ccc(Br)cc2)ccc1CC(C)N. The molecule has 0 radical (unpaired) electrons. The summed E-state index contributed by atoms with van der Waals surface area (Å²) in [5.74, 6) is 1.69. The Labute approximate surface area is 122 Å².